The van der Waals surface area contributed by atoms with Crippen LogP contribution in [0, 0.1) is 6.92 Å². The first-order valence-corrected chi connectivity index (χ1v) is 6.06. The SMILES string of the molecule is C.C.C.CC1=C(C)C(c2cc(C)ccc2[O-])C(C)=C1C.[Al]. The lowest BCUT2D eigenvalue weighted by Crippen LogP contribution is -2.05. The van der Waals surface area contributed by atoms with Crippen LogP contribution in [0.25, 0.3) is 0 Å². The Bertz CT molecular complexity index is 514. The summed E-state index contributed by atoms with van der Waals surface area (Å²) >= 11 is 0. The molecule has 0 aromatic heterocycles. The molecule has 1 aliphatic carbocycles. The summed E-state index contributed by atoms with van der Waals surface area (Å²) in [6.07, 6.45) is 0. The van der Waals surface area contributed by atoms with E-state index in [4.69, 9.17) is 0 Å². The van der Waals surface area contributed by atoms with Crippen molar-refractivity contribution in [3.8, 4) is 5.75 Å². The van der Waals surface area contributed by atoms with Crippen LogP contribution in [0.4, 0.5) is 0 Å². The van der Waals surface area contributed by atoms with Crippen molar-refractivity contribution in [1.82, 2.24) is 0 Å². The molecule has 2 rings (SSSR count). The van der Waals surface area contributed by atoms with Crippen LogP contribution in [0.15, 0.2) is 40.5 Å². The Morgan fingerprint density at radius 1 is 0.810 bits per heavy atom. The van der Waals surface area contributed by atoms with Gasteiger partial charge in [-0.15, -0.1) is 5.75 Å². The highest BCUT2D eigenvalue weighted by Gasteiger charge is 2.25. The molecule has 0 bridgehead atoms. The van der Waals surface area contributed by atoms with Gasteiger partial charge < -0.3 is 5.11 Å². The fourth-order valence-electron chi connectivity index (χ4n) is 2.71. The third kappa shape index (κ3) is 4.25. The molecule has 1 nitrogen and oxygen atoms in total. The molecule has 0 saturated carbocycles. The van der Waals surface area contributed by atoms with Crippen LogP contribution in [0.3, 0.4) is 0 Å². The van der Waals surface area contributed by atoms with Crippen molar-refractivity contribution in [2.24, 2.45) is 0 Å². The molecule has 0 N–H and O–H groups in total. The highest BCUT2D eigenvalue weighted by molar-refractivity contribution is 5.75. The van der Waals surface area contributed by atoms with E-state index >= 15 is 0 Å². The van der Waals surface area contributed by atoms with Gasteiger partial charge in [-0.25, -0.2) is 0 Å². The summed E-state index contributed by atoms with van der Waals surface area (Å²) in [4.78, 5) is 0. The van der Waals surface area contributed by atoms with Gasteiger partial charge in [-0.1, -0.05) is 57.2 Å². The van der Waals surface area contributed by atoms with Crippen molar-refractivity contribution in [3.05, 3.63) is 51.6 Å². The van der Waals surface area contributed by atoms with E-state index in [-0.39, 0.29) is 51.3 Å². The molecule has 0 unspecified atom stereocenters. The van der Waals surface area contributed by atoms with Crippen LogP contribution in [0.5, 0.6) is 5.75 Å². The van der Waals surface area contributed by atoms with Gasteiger partial charge in [0.05, 0.1) is 0 Å². The van der Waals surface area contributed by atoms with Gasteiger partial charge in [0.15, 0.2) is 0 Å². The first kappa shape index (κ1) is 25.0. The molecule has 1 aromatic rings. The highest BCUT2D eigenvalue weighted by Crippen LogP contribution is 2.45. The van der Waals surface area contributed by atoms with E-state index in [1.807, 2.05) is 19.1 Å². The second kappa shape index (κ2) is 9.13. The molecule has 0 aliphatic heterocycles. The second-order valence-electron chi connectivity index (χ2n) is 5.09. The molecule has 117 valence electrons. The zero-order chi connectivity index (χ0) is 12.7. The van der Waals surface area contributed by atoms with Gasteiger partial charge >= 0.3 is 0 Å². The number of hydrogen-bond donors (Lipinski definition) is 0. The third-order valence-electron chi connectivity index (χ3n) is 4.09. The van der Waals surface area contributed by atoms with Gasteiger partial charge in [-0.3, -0.25) is 0 Å². The lowest BCUT2D eigenvalue weighted by Gasteiger charge is -2.23. The first-order valence-electron chi connectivity index (χ1n) is 6.06. The Kier molecular flexibility index (Phi) is 10.9. The van der Waals surface area contributed by atoms with Crippen LogP contribution in [-0.4, -0.2) is 17.4 Å². The van der Waals surface area contributed by atoms with Crippen molar-refractivity contribution in [1.29, 1.82) is 0 Å². The van der Waals surface area contributed by atoms with E-state index in [1.165, 1.54) is 22.3 Å². The largest absolute Gasteiger partial charge is 0.872 e. The van der Waals surface area contributed by atoms with E-state index in [0.717, 1.165) is 11.1 Å². The monoisotopic (exact) mass is 302 g/mol. The fraction of sp³-hybridized carbons (Fsp3) is 0.474. The molecule has 2 heteroatoms. The van der Waals surface area contributed by atoms with E-state index in [2.05, 4.69) is 27.7 Å². The number of benzene rings is 1. The van der Waals surface area contributed by atoms with Crippen molar-refractivity contribution in [2.45, 2.75) is 62.8 Å². The van der Waals surface area contributed by atoms with Crippen LogP contribution in [0.1, 0.15) is 67.0 Å². The molecule has 0 spiro atoms. The maximum absolute atomic E-state index is 12.0. The van der Waals surface area contributed by atoms with Gasteiger partial charge in [0.2, 0.25) is 0 Å². The molecule has 0 heterocycles. The summed E-state index contributed by atoms with van der Waals surface area (Å²) < 4.78 is 0. The second-order valence-corrected chi connectivity index (χ2v) is 5.09. The highest BCUT2D eigenvalue weighted by atomic mass is 27.0. The predicted octanol–water partition coefficient (Wildman–Crippen LogP) is 5.37. The Morgan fingerprint density at radius 2 is 1.24 bits per heavy atom. The Labute approximate surface area is 142 Å². The van der Waals surface area contributed by atoms with Crippen molar-refractivity contribution in [3.63, 3.8) is 0 Å². The molecule has 0 atom stereocenters. The number of aryl methyl sites for hydroxylation is 1. The molecular formula is C19H31AlO-. The maximum Gasteiger partial charge on any atom is 0.0257 e. The fourth-order valence-corrected chi connectivity index (χ4v) is 2.71. The molecular weight excluding hydrogens is 271 g/mol. The summed E-state index contributed by atoms with van der Waals surface area (Å²) in [6, 6.07) is 5.61. The molecule has 0 amide bonds. The van der Waals surface area contributed by atoms with Crippen LogP contribution in [-0.2, 0) is 0 Å². The Morgan fingerprint density at radius 3 is 1.67 bits per heavy atom. The Balaban J connectivity index is -0.000000810. The van der Waals surface area contributed by atoms with Crippen LogP contribution >= 0.6 is 0 Å². The molecule has 0 saturated heterocycles. The van der Waals surface area contributed by atoms with Gasteiger partial charge in [0.1, 0.15) is 0 Å². The standard InChI is InChI=1S/C16H20O.3CH4.Al/c1-9-6-7-15(17)14(8-9)16-12(4)10(2)11(3)13(16)5;;;;/h6-8,16-17H,1-5H3;3*1H4;/p-1. The average molecular weight is 302 g/mol. The minimum absolute atomic E-state index is 0. The first-order chi connectivity index (χ1) is 7.93. The van der Waals surface area contributed by atoms with Gasteiger partial charge in [-0.2, -0.15) is 0 Å². The molecule has 1 aliphatic rings. The third-order valence-corrected chi connectivity index (χ3v) is 4.09. The molecule has 1 aromatic carbocycles. The van der Waals surface area contributed by atoms with E-state index in [1.54, 1.807) is 6.07 Å². The van der Waals surface area contributed by atoms with Crippen molar-refractivity contribution < 1.29 is 5.11 Å². The zero-order valence-corrected chi connectivity index (χ0v) is 12.9. The summed E-state index contributed by atoms with van der Waals surface area (Å²) in [5, 5.41) is 12.0. The molecule has 3 radical (unpaired) electrons. The summed E-state index contributed by atoms with van der Waals surface area (Å²) in [5.41, 5.74) is 7.41. The van der Waals surface area contributed by atoms with Crippen LogP contribution in [0.2, 0.25) is 0 Å². The molecule has 21 heavy (non-hydrogen) atoms. The molecule has 0 fully saturated rings. The smallest absolute Gasteiger partial charge is 0.0257 e. The van der Waals surface area contributed by atoms with Gasteiger partial charge in [0, 0.05) is 23.3 Å². The normalized spacial score (nSPS) is 14.0. The maximum atomic E-state index is 12.0. The summed E-state index contributed by atoms with van der Waals surface area (Å²) in [5.74, 6) is 0.351. The minimum Gasteiger partial charge on any atom is -0.872 e. The van der Waals surface area contributed by atoms with Crippen LogP contribution < -0.4 is 5.11 Å². The quantitative estimate of drug-likeness (QED) is 0.640. The van der Waals surface area contributed by atoms with Crippen molar-refractivity contribution in [2.75, 3.05) is 0 Å². The Hall–Kier alpha value is -0.968. The number of allylic oxidation sites excluding steroid dienone is 4. The topological polar surface area (TPSA) is 23.1 Å². The van der Waals surface area contributed by atoms with Gasteiger partial charge in [0.25, 0.3) is 0 Å². The van der Waals surface area contributed by atoms with Crippen molar-refractivity contribution >= 4 is 17.4 Å². The average Bonchev–Trinajstić information content (AvgIpc) is 2.48. The zero-order valence-electron chi connectivity index (χ0n) is 11.8. The predicted molar refractivity (Wildman–Crippen MR) is 96.1 cm³/mol. The van der Waals surface area contributed by atoms with E-state index in [9.17, 15) is 5.11 Å². The lowest BCUT2D eigenvalue weighted by atomic mass is 9.87. The van der Waals surface area contributed by atoms with E-state index < -0.39 is 0 Å². The van der Waals surface area contributed by atoms with E-state index in [0.29, 0.717) is 0 Å². The number of rotatable bonds is 1. The number of hydrogen-bond acceptors (Lipinski definition) is 1. The lowest BCUT2D eigenvalue weighted by molar-refractivity contribution is -0.269. The van der Waals surface area contributed by atoms with Gasteiger partial charge in [-0.05, 0) is 51.3 Å². The summed E-state index contributed by atoms with van der Waals surface area (Å²) in [7, 11) is 0. The summed E-state index contributed by atoms with van der Waals surface area (Å²) in [6.45, 7) is 10.6. The minimum atomic E-state index is 0.